The van der Waals surface area contributed by atoms with Crippen LogP contribution in [0.2, 0.25) is 0 Å². The number of aryl methyl sites for hydroxylation is 1. The Morgan fingerprint density at radius 1 is 0.840 bits per heavy atom. The highest BCUT2D eigenvalue weighted by Gasteiger charge is 2.33. The van der Waals surface area contributed by atoms with Gasteiger partial charge in [0.1, 0.15) is 0 Å². The summed E-state index contributed by atoms with van der Waals surface area (Å²) in [4.78, 5) is 0. The van der Waals surface area contributed by atoms with Gasteiger partial charge >= 0.3 is 0 Å². The predicted octanol–water partition coefficient (Wildman–Crippen LogP) is 4.48. The van der Waals surface area contributed by atoms with Crippen molar-refractivity contribution in [3.8, 4) is 0 Å². The molecule has 0 unspecified atom stereocenters. The first-order chi connectivity index (χ1) is 12.3. The topological polar surface area (TPSA) is 36.9 Å². The van der Waals surface area contributed by atoms with E-state index in [4.69, 9.17) is 18.9 Å². The van der Waals surface area contributed by atoms with E-state index in [0.29, 0.717) is 19.1 Å². The standard InChI is InChI=1S/C21H32O4/c1-3-5-7-17-12-22-21(23-13-17)19-14-24-20(25-15-19)18-10-8-16(6-4-2)9-11-18/h8-11,17,19-21H,3-7,12-15H2,1-2H3. The highest BCUT2D eigenvalue weighted by Crippen LogP contribution is 2.30. The van der Waals surface area contributed by atoms with E-state index in [1.807, 2.05) is 0 Å². The summed E-state index contributed by atoms with van der Waals surface area (Å²) < 4.78 is 23.7. The lowest BCUT2D eigenvalue weighted by Gasteiger charge is -2.37. The maximum atomic E-state index is 5.94. The van der Waals surface area contributed by atoms with E-state index in [1.54, 1.807) is 0 Å². The van der Waals surface area contributed by atoms with Crippen molar-refractivity contribution in [1.29, 1.82) is 0 Å². The van der Waals surface area contributed by atoms with Gasteiger partial charge in [-0.05, 0) is 18.4 Å². The Kier molecular flexibility index (Phi) is 7.29. The summed E-state index contributed by atoms with van der Waals surface area (Å²) in [6, 6.07) is 8.56. The van der Waals surface area contributed by atoms with E-state index in [0.717, 1.165) is 31.6 Å². The number of benzene rings is 1. The summed E-state index contributed by atoms with van der Waals surface area (Å²) in [5, 5.41) is 0. The van der Waals surface area contributed by atoms with Crippen LogP contribution in [0.25, 0.3) is 0 Å². The molecule has 0 aromatic heterocycles. The molecule has 1 aromatic carbocycles. The molecule has 2 fully saturated rings. The van der Waals surface area contributed by atoms with Crippen molar-refractivity contribution in [2.75, 3.05) is 26.4 Å². The first kappa shape index (κ1) is 18.8. The molecule has 2 aliphatic rings. The molecule has 0 atom stereocenters. The highest BCUT2D eigenvalue weighted by molar-refractivity contribution is 5.23. The van der Waals surface area contributed by atoms with Crippen molar-refractivity contribution < 1.29 is 18.9 Å². The normalized spacial score (nSPS) is 30.3. The van der Waals surface area contributed by atoms with Crippen LogP contribution >= 0.6 is 0 Å². The summed E-state index contributed by atoms with van der Waals surface area (Å²) >= 11 is 0. The molecule has 0 amide bonds. The Bertz CT molecular complexity index is 485. The zero-order valence-corrected chi connectivity index (χ0v) is 15.6. The Morgan fingerprint density at radius 2 is 1.52 bits per heavy atom. The van der Waals surface area contributed by atoms with Crippen LogP contribution in [-0.2, 0) is 25.4 Å². The largest absolute Gasteiger partial charge is 0.352 e. The van der Waals surface area contributed by atoms with Gasteiger partial charge in [0.15, 0.2) is 12.6 Å². The van der Waals surface area contributed by atoms with Gasteiger partial charge in [-0.1, -0.05) is 57.4 Å². The predicted molar refractivity (Wildman–Crippen MR) is 97.3 cm³/mol. The molecule has 0 spiro atoms. The monoisotopic (exact) mass is 348 g/mol. The van der Waals surface area contributed by atoms with Gasteiger partial charge in [0, 0.05) is 11.5 Å². The third-order valence-corrected chi connectivity index (χ3v) is 5.06. The highest BCUT2D eigenvalue weighted by atomic mass is 16.7. The van der Waals surface area contributed by atoms with Crippen molar-refractivity contribution in [3.05, 3.63) is 35.4 Å². The van der Waals surface area contributed by atoms with Crippen LogP contribution in [0.1, 0.15) is 56.9 Å². The lowest BCUT2D eigenvalue weighted by Crippen LogP contribution is -2.43. The Balaban J connectivity index is 1.43. The van der Waals surface area contributed by atoms with Gasteiger partial charge in [-0.3, -0.25) is 0 Å². The number of unbranched alkanes of at least 4 members (excludes halogenated alkanes) is 1. The maximum absolute atomic E-state index is 5.94. The third kappa shape index (κ3) is 5.27. The van der Waals surface area contributed by atoms with E-state index < -0.39 is 0 Å². The van der Waals surface area contributed by atoms with E-state index in [9.17, 15) is 0 Å². The van der Waals surface area contributed by atoms with Gasteiger partial charge < -0.3 is 18.9 Å². The maximum Gasteiger partial charge on any atom is 0.183 e. The van der Waals surface area contributed by atoms with E-state index in [1.165, 1.54) is 24.8 Å². The summed E-state index contributed by atoms with van der Waals surface area (Å²) in [5.41, 5.74) is 2.45. The molecule has 3 rings (SSSR count). The van der Waals surface area contributed by atoms with Crippen molar-refractivity contribution in [2.24, 2.45) is 11.8 Å². The van der Waals surface area contributed by atoms with Gasteiger partial charge in [0.05, 0.1) is 32.3 Å². The average Bonchev–Trinajstić information content (AvgIpc) is 2.68. The second-order valence-corrected chi connectivity index (χ2v) is 7.29. The zero-order chi connectivity index (χ0) is 17.5. The van der Waals surface area contributed by atoms with Crippen molar-refractivity contribution in [3.63, 3.8) is 0 Å². The molecule has 4 nitrogen and oxygen atoms in total. The number of hydrogen-bond acceptors (Lipinski definition) is 4. The van der Waals surface area contributed by atoms with Crippen molar-refractivity contribution >= 4 is 0 Å². The summed E-state index contributed by atoms with van der Waals surface area (Å²) in [6.45, 7) is 7.24. The summed E-state index contributed by atoms with van der Waals surface area (Å²) in [5.74, 6) is 0.693. The molecule has 2 saturated heterocycles. The molecule has 0 bridgehead atoms. The minimum Gasteiger partial charge on any atom is -0.352 e. The molecular weight excluding hydrogens is 316 g/mol. The first-order valence-corrected chi connectivity index (χ1v) is 9.85. The fourth-order valence-corrected chi connectivity index (χ4v) is 3.49. The van der Waals surface area contributed by atoms with Crippen LogP contribution in [0.3, 0.4) is 0 Å². The zero-order valence-electron chi connectivity index (χ0n) is 15.6. The Labute approximate surface area is 151 Å². The van der Waals surface area contributed by atoms with Crippen LogP contribution in [0.15, 0.2) is 24.3 Å². The fraction of sp³-hybridized carbons (Fsp3) is 0.714. The molecule has 0 saturated carbocycles. The SMILES string of the molecule is CCCCC1COC(C2COC(c3ccc(CCC)cc3)OC2)OC1. The second-order valence-electron chi connectivity index (χ2n) is 7.29. The van der Waals surface area contributed by atoms with E-state index in [-0.39, 0.29) is 18.5 Å². The van der Waals surface area contributed by atoms with Crippen molar-refractivity contribution in [1.82, 2.24) is 0 Å². The molecule has 2 aliphatic heterocycles. The molecule has 4 heteroatoms. The van der Waals surface area contributed by atoms with Crippen LogP contribution in [-0.4, -0.2) is 32.7 Å². The van der Waals surface area contributed by atoms with Crippen LogP contribution in [0.5, 0.6) is 0 Å². The van der Waals surface area contributed by atoms with Crippen LogP contribution < -0.4 is 0 Å². The van der Waals surface area contributed by atoms with E-state index in [2.05, 4.69) is 38.1 Å². The quantitative estimate of drug-likeness (QED) is 0.728. The minimum atomic E-state index is -0.271. The summed E-state index contributed by atoms with van der Waals surface area (Å²) in [7, 11) is 0. The number of hydrogen-bond donors (Lipinski definition) is 0. The first-order valence-electron chi connectivity index (χ1n) is 9.85. The van der Waals surface area contributed by atoms with E-state index >= 15 is 0 Å². The average molecular weight is 348 g/mol. The summed E-state index contributed by atoms with van der Waals surface area (Å²) in [6.07, 6.45) is 5.49. The molecule has 1 aromatic rings. The van der Waals surface area contributed by atoms with Gasteiger partial charge in [-0.25, -0.2) is 0 Å². The van der Waals surface area contributed by atoms with Crippen molar-refractivity contribution in [2.45, 2.75) is 58.5 Å². The molecular formula is C21H32O4. The van der Waals surface area contributed by atoms with Gasteiger partial charge in [-0.2, -0.15) is 0 Å². The lowest BCUT2D eigenvalue weighted by atomic mass is 10.0. The van der Waals surface area contributed by atoms with Crippen LogP contribution in [0.4, 0.5) is 0 Å². The molecule has 140 valence electrons. The number of rotatable bonds is 7. The molecule has 0 N–H and O–H groups in total. The Morgan fingerprint density at radius 3 is 2.12 bits per heavy atom. The fourth-order valence-electron chi connectivity index (χ4n) is 3.49. The van der Waals surface area contributed by atoms with Gasteiger partial charge in [-0.15, -0.1) is 0 Å². The smallest absolute Gasteiger partial charge is 0.183 e. The third-order valence-electron chi connectivity index (χ3n) is 5.06. The molecule has 2 heterocycles. The Hall–Kier alpha value is -0.940. The second kappa shape index (κ2) is 9.67. The minimum absolute atomic E-state index is 0.155. The molecule has 0 aliphatic carbocycles. The molecule has 0 radical (unpaired) electrons. The van der Waals surface area contributed by atoms with Crippen LogP contribution in [0, 0.1) is 11.8 Å². The lowest BCUT2D eigenvalue weighted by molar-refractivity contribution is -0.283. The van der Waals surface area contributed by atoms with Gasteiger partial charge in [0.2, 0.25) is 0 Å². The van der Waals surface area contributed by atoms with Gasteiger partial charge in [0.25, 0.3) is 0 Å². The molecule has 25 heavy (non-hydrogen) atoms. The number of ether oxygens (including phenoxy) is 4.